The standard InChI is InChI=1S/C17H25N3O2/c1-18-16(21)12-19-17(22)13-20-9-7-15(8-10-20)11-14-5-3-2-4-6-14/h2-6,15H,7-13H2,1H3,(H,18,21)(H,19,22). The number of nitrogens with zero attached hydrogens (tertiary/aromatic N) is 1. The molecule has 120 valence electrons. The van der Waals surface area contributed by atoms with Crippen LogP contribution in [0, 0.1) is 5.92 Å². The predicted molar refractivity (Wildman–Crippen MR) is 86.4 cm³/mol. The van der Waals surface area contributed by atoms with Gasteiger partial charge < -0.3 is 10.6 Å². The molecule has 1 heterocycles. The molecule has 1 saturated heterocycles. The van der Waals surface area contributed by atoms with Crippen LogP contribution in [0.15, 0.2) is 30.3 Å². The van der Waals surface area contributed by atoms with Gasteiger partial charge in [0.15, 0.2) is 0 Å². The lowest BCUT2D eigenvalue weighted by Gasteiger charge is -2.31. The summed E-state index contributed by atoms with van der Waals surface area (Å²) in [4.78, 5) is 25.0. The van der Waals surface area contributed by atoms with E-state index in [0.29, 0.717) is 12.5 Å². The number of nitrogens with one attached hydrogen (secondary N) is 2. The van der Waals surface area contributed by atoms with Gasteiger partial charge in [-0.2, -0.15) is 0 Å². The summed E-state index contributed by atoms with van der Waals surface area (Å²) in [6.45, 7) is 2.34. The smallest absolute Gasteiger partial charge is 0.239 e. The van der Waals surface area contributed by atoms with E-state index in [1.54, 1.807) is 7.05 Å². The number of piperidine rings is 1. The maximum absolute atomic E-state index is 11.8. The Morgan fingerprint density at radius 3 is 2.45 bits per heavy atom. The topological polar surface area (TPSA) is 61.4 Å². The lowest BCUT2D eigenvalue weighted by atomic mass is 9.90. The van der Waals surface area contributed by atoms with Gasteiger partial charge in [-0.1, -0.05) is 30.3 Å². The molecule has 0 aliphatic carbocycles. The van der Waals surface area contributed by atoms with Crippen LogP contribution < -0.4 is 10.6 Å². The van der Waals surface area contributed by atoms with Crippen LogP contribution in [0.25, 0.3) is 0 Å². The Labute approximate surface area is 132 Å². The maximum atomic E-state index is 11.8. The van der Waals surface area contributed by atoms with E-state index in [9.17, 15) is 9.59 Å². The zero-order chi connectivity index (χ0) is 15.8. The second-order valence-electron chi connectivity index (χ2n) is 5.86. The van der Waals surface area contributed by atoms with E-state index in [0.717, 1.165) is 32.4 Å². The minimum absolute atomic E-state index is 0.0554. The highest BCUT2D eigenvalue weighted by Crippen LogP contribution is 2.21. The zero-order valence-corrected chi connectivity index (χ0v) is 13.2. The van der Waals surface area contributed by atoms with Crippen molar-refractivity contribution >= 4 is 11.8 Å². The summed E-state index contributed by atoms with van der Waals surface area (Å²) in [5.41, 5.74) is 1.39. The van der Waals surface area contributed by atoms with Crippen molar-refractivity contribution in [3.63, 3.8) is 0 Å². The number of benzene rings is 1. The number of hydrogen-bond donors (Lipinski definition) is 2. The number of carbonyl (C=O) groups is 2. The molecule has 2 rings (SSSR count). The lowest BCUT2D eigenvalue weighted by molar-refractivity contribution is -0.126. The van der Waals surface area contributed by atoms with Crippen molar-refractivity contribution in [2.24, 2.45) is 5.92 Å². The molecule has 5 heteroatoms. The molecule has 1 aliphatic rings. The molecule has 1 fully saturated rings. The summed E-state index contributed by atoms with van der Waals surface area (Å²) in [5.74, 6) is 0.451. The molecular weight excluding hydrogens is 278 g/mol. The first-order chi connectivity index (χ1) is 10.7. The van der Waals surface area contributed by atoms with Crippen molar-refractivity contribution in [2.75, 3.05) is 33.2 Å². The van der Waals surface area contributed by atoms with Gasteiger partial charge in [0, 0.05) is 7.05 Å². The number of likely N-dealkylation sites (N-methyl/N-ethyl adjacent to an activating group) is 1. The first-order valence-corrected chi connectivity index (χ1v) is 7.91. The summed E-state index contributed by atoms with van der Waals surface area (Å²) in [7, 11) is 1.56. The molecule has 0 aromatic heterocycles. The van der Waals surface area contributed by atoms with Crippen LogP contribution in [-0.2, 0) is 16.0 Å². The van der Waals surface area contributed by atoms with Gasteiger partial charge in [0.05, 0.1) is 13.1 Å². The average Bonchev–Trinajstić information content (AvgIpc) is 2.55. The van der Waals surface area contributed by atoms with Crippen LogP contribution in [0.2, 0.25) is 0 Å². The van der Waals surface area contributed by atoms with Crippen LogP contribution in [-0.4, -0.2) is 49.9 Å². The van der Waals surface area contributed by atoms with Crippen molar-refractivity contribution in [3.05, 3.63) is 35.9 Å². The molecule has 0 atom stereocenters. The Hall–Kier alpha value is -1.88. The zero-order valence-electron chi connectivity index (χ0n) is 13.2. The fraction of sp³-hybridized carbons (Fsp3) is 0.529. The SMILES string of the molecule is CNC(=O)CNC(=O)CN1CCC(Cc2ccccc2)CC1. The molecule has 1 aromatic carbocycles. The average molecular weight is 303 g/mol. The molecule has 0 saturated carbocycles. The summed E-state index contributed by atoms with van der Waals surface area (Å²) in [6.07, 6.45) is 3.37. The van der Waals surface area contributed by atoms with Gasteiger partial charge in [-0.25, -0.2) is 0 Å². The van der Waals surface area contributed by atoms with Crippen LogP contribution in [0.5, 0.6) is 0 Å². The number of rotatable bonds is 6. The third kappa shape index (κ3) is 5.48. The summed E-state index contributed by atoms with van der Waals surface area (Å²) >= 11 is 0. The number of hydrogen-bond acceptors (Lipinski definition) is 3. The number of carbonyl (C=O) groups excluding carboxylic acids is 2. The van der Waals surface area contributed by atoms with E-state index in [1.807, 2.05) is 6.07 Å². The third-order valence-electron chi connectivity index (χ3n) is 4.17. The Kier molecular flexibility index (Phi) is 6.40. The van der Waals surface area contributed by atoms with Crippen molar-refractivity contribution in [1.29, 1.82) is 0 Å². The molecular formula is C17H25N3O2. The number of likely N-dealkylation sites (tertiary alicyclic amines) is 1. The van der Waals surface area contributed by atoms with E-state index >= 15 is 0 Å². The van der Waals surface area contributed by atoms with E-state index in [4.69, 9.17) is 0 Å². The van der Waals surface area contributed by atoms with Gasteiger partial charge in [-0.15, -0.1) is 0 Å². The summed E-state index contributed by atoms with van der Waals surface area (Å²) < 4.78 is 0. The van der Waals surface area contributed by atoms with E-state index in [2.05, 4.69) is 39.8 Å². The van der Waals surface area contributed by atoms with Gasteiger partial charge >= 0.3 is 0 Å². The van der Waals surface area contributed by atoms with Gasteiger partial charge in [0.1, 0.15) is 0 Å². The monoisotopic (exact) mass is 303 g/mol. The molecule has 5 nitrogen and oxygen atoms in total. The predicted octanol–water partition coefficient (Wildman–Crippen LogP) is 0.803. The van der Waals surface area contributed by atoms with Crippen LogP contribution in [0.1, 0.15) is 18.4 Å². The molecule has 0 radical (unpaired) electrons. The van der Waals surface area contributed by atoms with E-state index in [-0.39, 0.29) is 18.4 Å². The maximum Gasteiger partial charge on any atom is 0.239 e. The van der Waals surface area contributed by atoms with E-state index in [1.165, 1.54) is 5.56 Å². The third-order valence-corrected chi connectivity index (χ3v) is 4.17. The van der Waals surface area contributed by atoms with Crippen LogP contribution in [0.4, 0.5) is 0 Å². The van der Waals surface area contributed by atoms with Gasteiger partial charge in [-0.3, -0.25) is 14.5 Å². The van der Waals surface area contributed by atoms with Crippen LogP contribution in [0.3, 0.4) is 0 Å². The Balaban J connectivity index is 1.66. The Morgan fingerprint density at radius 2 is 1.82 bits per heavy atom. The van der Waals surface area contributed by atoms with Gasteiger partial charge in [0.2, 0.25) is 11.8 Å². The largest absolute Gasteiger partial charge is 0.358 e. The number of amides is 2. The van der Waals surface area contributed by atoms with Gasteiger partial charge in [-0.05, 0) is 43.8 Å². The van der Waals surface area contributed by atoms with Crippen LogP contribution >= 0.6 is 0 Å². The Bertz CT molecular complexity index is 482. The van der Waals surface area contributed by atoms with Crippen molar-refractivity contribution < 1.29 is 9.59 Å². The molecule has 0 unspecified atom stereocenters. The molecule has 2 amide bonds. The van der Waals surface area contributed by atoms with Crippen molar-refractivity contribution in [2.45, 2.75) is 19.3 Å². The quantitative estimate of drug-likeness (QED) is 0.817. The summed E-state index contributed by atoms with van der Waals surface area (Å²) in [6, 6.07) is 10.6. The normalized spacial score (nSPS) is 16.2. The molecule has 1 aromatic rings. The molecule has 22 heavy (non-hydrogen) atoms. The first kappa shape index (κ1) is 16.5. The van der Waals surface area contributed by atoms with Crippen molar-refractivity contribution in [3.8, 4) is 0 Å². The lowest BCUT2D eigenvalue weighted by Crippen LogP contribution is -2.44. The first-order valence-electron chi connectivity index (χ1n) is 7.91. The summed E-state index contributed by atoms with van der Waals surface area (Å²) in [5, 5.41) is 5.12. The van der Waals surface area contributed by atoms with Gasteiger partial charge in [0.25, 0.3) is 0 Å². The Morgan fingerprint density at radius 1 is 1.14 bits per heavy atom. The fourth-order valence-corrected chi connectivity index (χ4v) is 2.82. The minimum Gasteiger partial charge on any atom is -0.358 e. The molecule has 0 bridgehead atoms. The molecule has 2 N–H and O–H groups in total. The second-order valence-corrected chi connectivity index (χ2v) is 5.86. The highest BCUT2D eigenvalue weighted by atomic mass is 16.2. The molecule has 0 spiro atoms. The fourth-order valence-electron chi connectivity index (χ4n) is 2.82. The van der Waals surface area contributed by atoms with E-state index < -0.39 is 0 Å². The highest BCUT2D eigenvalue weighted by Gasteiger charge is 2.21. The molecule has 1 aliphatic heterocycles. The minimum atomic E-state index is -0.171. The second kappa shape index (κ2) is 8.54. The highest BCUT2D eigenvalue weighted by molar-refractivity contribution is 5.85. The van der Waals surface area contributed by atoms with Crippen molar-refractivity contribution in [1.82, 2.24) is 15.5 Å².